The Kier molecular flexibility index (Phi) is 5.79. The molecule has 0 atom stereocenters. The van der Waals surface area contributed by atoms with E-state index in [0.29, 0.717) is 6.16 Å². The van der Waals surface area contributed by atoms with Crippen molar-refractivity contribution in [1.82, 2.24) is 0 Å². The van der Waals surface area contributed by atoms with Crippen LogP contribution in [0, 0.1) is 0 Å². The number of benzene rings is 3. The van der Waals surface area contributed by atoms with E-state index in [9.17, 15) is 4.79 Å². The average Bonchev–Trinajstić information content (AvgIpc) is 2.75. The fourth-order valence-corrected chi connectivity index (χ4v) is 9.06. The first-order chi connectivity index (χ1) is 13.1. The van der Waals surface area contributed by atoms with E-state index >= 15 is 0 Å². The molecule has 0 bridgehead atoms. The van der Waals surface area contributed by atoms with Crippen molar-refractivity contribution in [3.63, 3.8) is 0 Å². The molecule has 0 spiro atoms. The Morgan fingerprint density at radius 1 is 0.815 bits per heavy atom. The Labute approximate surface area is 165 Å². The van der Waals surface area contributed by atoms with Crippen molar-refractivity contribution < 1.29 is 9.53 Å². The van der Waals surface area contributed by atoms with Crippen molar-refractivity contribution in [2.75, 3.05) is 13.3 Å². The third kappa shape index (κ3) is 3.56. The fourth-order valence-electron chi connectivity index (χ4n) is 3.39. The Hall–Kier alpha value is -2.41. The number of esters is 1. The Bertz CT molecular complexity index is 825. The van der Waals surface area contributed by atoms with Crippen LogP contribution in [0.25, 0.3) is 0 Å². The van der Waals surface area contributed by atoms with E-state index in [-0.39, 0.29) is 5.97 Å². The van der Waals surface area contributed by atoms with Crippen molar-refractivity contribution in [1.29, 1.82) is 0 Å². The Morgan fingerprint density at radius 3 is 1.52 bits per heavy atom. The van der Waals surface area contributed by atoms with Crippen LogP contribution in [0.4, 0.5) is 0 Å². The molecule has 138 valence electrons. The van der Waals surface area contributed by atoms with Gasteiger partial charge in [0.15, 0.2) is 0 Å². The molecule has 0 radical (unpaired) electrons. The van der Waals surface area contributed by atoms with Gasteiger partial charge in [-0.1, -0.05) is 0 Å². The molecule has 0 aliphatic rings. The van der Waals surface area contributed by atoms with Crippen LogP contribution >= 0.6 is 17.2 Å². The van der Waals surface area contributed by atoms with Crippen LogP contribution in [-0.4, -0.2) is 19.2 Å². The predicted octanol–water partition coefficient (Wildman–Crippen LogP) is 4.40. The number of hydrogen-bond acceptors (Lipinski definition) is 2. The van der Waals surface area contributed by atoms with E-state index < -0.39 is 5.96 Å². The SMILES string of the molecule is COC(=O)/C=C/CP(Cl)(c1ccccc1)(c1ccccc1)c1ccccc1. The second kappa shape index (κ2) is 8.08. The molecule has 3 aromatic rings. The third-order valence-corrected chi connectivity index (χ3v) is 12.0. The second-order valence-corrected chi connectivity index (χ2v) is 12.8. The predicted molar refractivity (Wildman–Crippen MR) is 117 cm³/mol. The number of methoxy groups -OCH3 is 1. The van der Waals surface area contributed by atoms with Crippen molar-refractivity contribution in [2.24, 2.45) is 0 Å². The van der Waals surface area contributed by atoms with Crippen LogP contribution in [0.15, 0.2) is 103 Å². The summed E-state index contributed by atoms with van der Waals surface area (Å²) in [5.74, 6) is -3.72. The molecule has 0 unspecified atom stereocenters. The van der Waals surface area contributed by atoms with Gasteiger partial charge >= 0.3 is 165 Å². The van der Waals surface area contributed by atoms with Crippen LogP contribution < -0.4 is 15.9 Å². The van der Waals surface area contributed by atoms with E-state index in [2.05, 4.69) is 36.4 Å². The molecule has 0 heterocycles. The molecule has 0 saturated heterocycles. The van der Waals surface area contributed by atoms with Gasteiger partial charge in [-0.2, -0.15) is 0 Å². The van der Waals surface area contributed by atoms with E-state index in [1.165, 1.54) is 13.2 Å². The molecular weight excluding hydrogens is 375 g/mol. The van der Waals surface area contributed by atoms with Gasteiger partial charge < -0.3 is 0 Å². The third-order valence-electron chi connectivity index (χ3n) is 4.79. The molecule has 4 heteroatoms. The number of ether oxygens (including phenoxy) is 1. The van der Waals surface area contributed by atoms with Gasteiger partial charge in [-0.3, -0.25) is 0 Å². The maximum absolute atomic E-state index is 11.7. The molecule has 27 heavy (non-hydrogen) atoms. The van der Waals surface area contributed by atoms with Gasteiger partial charge in [0.1, 0.15) is 0 Å². The summed E-state index contributed by atoms with van der Waals surface area (Å²) < 4.78 is 4.76. The van der Waals surface area contributed by atoms with Crippen molar-refractivity contribution in [2.45, 2.75) is 0 Å². The molecule has 0 aliphatic carbocycles. The molecule has 0 saturated carbocycles. The van der Waals surface area contributed by atoms with E-state index in [4.69, 9.17) is 16.0 Å². The zero-order chi connectivity index (χ0) is 19.2. The first kappa shape index (κ1) is 19.4. The van der Waals surface area contributed by atoms with Gasteiger partial charge in [0.25, 0.3) is 0 Å². The topological polar surface area (TPSA) is 26.3 Å². The summed E-state index contributed by atoms with van der Waals surface area (Å²) in [4.78, 5) is 11.7. The van der Waals surface area contributed by atoms with E-state index in [1.54, 1.807) is 0 Å². The van der Waals surface area contributed by atoms with Crippen molar-refractivity contribution >= 4 is 39.1 Å². The number of halogens is 1. The second-order valence-electron chi connectivity index (χ2n) is 6.30. The minimum absolute atomic E-state index is 0.383. The summed E-state index contributed by atoms with van der Waals surface area (Å²) in [7, 11) is 1.37. The van der Waals surface area contributed by atoms with Gasteiger partial charge in [0.2, 0.25) is 0 Å². The molecule has 0 fully saturated rings. The van der Waals surface area contributed by atoms with Crippen molar-refractivity contribution in [3.8, 4) is 0 Å². The summed E-state index contributed by atoms with van der Waals surface area (Å²) in [6.07, 6.45) is 3.81. The zero-order valence-electron chi connectivity index (χ0n) is 15.2. The van der Waals surface area contributed by atoms with Crippen LogP contribution in [0.3, 0.4) is 0 Å². The van der Waals surface area contributed by atoms with Gasteiger partial charge in [0.05, 0.1) is 0 Å². The first-order valence-electron chi connectivity index (χ1n) is 8.73. The van der Waals surface area contributed by atoms with Gasteiger partial charge in [0, 0.05) is 0 Å². The first-order valence-corrected chi connectivity index (χ1v) is 12.1. The monoisotopic (exact) mass is 396 g/mol. The number of hydrogen-bond donors (Lipinski definition) is 0. The Morgan fingerprint density at radius 2 is 1.19 bits per heavy atom. The van der Waals surface area contributed by atoms with Gasteiger partial charge in [-0.25, -0.2) is 0 Å². The average molecular weight is 397 g/mol. The van der Waals surface area contributed by atoms with Gasteiger partial charge in [-0.15, -0.1) is 0 Å². The fraction of sp³-hybridized carbons (Fsp3) is 0.0870. The summed E-state index contributed by atoms with van der Waals surface area (Å²) >= 11 is 7.83. The summed E-state index contributed by atoms with van der Waals surface area (Å²) in [6.45, 7) is 0. The summed E-state index contributed by atoms with van der Waals surface area (Å²) in [5, 5.41) is 3.20. The normalized spacial score (nSPS) is 13.0. The molecule has 2 nitrogen and oxygen atoms in total. The van der Waals surface area contributed by atoms with Crippen molar-refractivity contribution in [3.05, 3.63) is 103 Å². The maximum atomic E-state index is 11.7. The Balaban J connectivity index is 2.32. The molecule has 0 aromatic heterocycles. The minimum atomic E-state index is -3.34. The molecule has 0 N–H and O–H groups in total. The standard InChI is InChI=1S/C23H22ClO2P/c1-26-23(25)18-11-19-27(24,20-12-5-2-6-13-20,21-14-7-3-8-15-21)22-16-9-4-10-17-22/h2-18H,19H2,1H3/b18-11+. The number of allylic oxidation sites excluding steroid dienone is 1. The van der Waals surface area contributed by atoms with E-state index in [0.717, 1.165) is 15.9 Å². The van der Waals surface area contributed by atoms with Crippen LogP contribution in [0.1, 0.15) is 0 Å². The molecule has 0 amide bonds. The number of rotatable bonds is 6. The summed E-state index contributed by atoms with van der Waals surface area (Å²) in [6, 6.07) is 30.5. The van der Waals surface area contributed by atoms with E-state index in [1.807, 2.05) is 60.7 Å². The van der Waals surface area contributed by atoms with Crippen LogP contribution in [0.2, 0.25) is 0 Å². The number of carbonyl (C=O) groups is 1. The van der Waals surface area contributed by atoms with Crippen LogP contribution in [-0.2, 0) is 9.53 Å². The van der Waals surface area contributed by atoms with Gasteiger partial charge in [-0.05, 0) is 0 Å². The molecule has 3 rings (SSSR count). The molecular formula is C23H22ClO2P. The molecule has 0 aliphatic heterocycles. The molecule has 3 aromatic carbocycles. The quantitative estimate of drug-likeness (QED) is 0.351. The number of carbonyl (C=O) groups excluding carboxylic acids is 1. The summed E-state index contributed by atoms with van der Waals surface area (Å²) in [5.41, 5.74) is 0. The zero-order valence-corrected chi connectivity index (χ0v) is 16.8. The van der Waals surface area contributed by atoms with Crippen LogP contribution in [0.5, 0.6) is 0 Å².